The normalized spacial score (nSPS) is 10.3. The smallest absolute Gasteiger partial charge is 0.255 e. The van der Waals surface area contributed by atoms with Crippen LogP contribution in [0, 0.1) is 0 Å². The van der Waals surface area contributed by atoms with Gasteiger partial charge in [-0.15, -0.1) is 11.8 Å². The van der Waals surface area contributed by atoms with Crippen molar-refractivity contribution < 1.29 is 9.53 Å². The third-order valence-electron chi connectivity index (χ3n) is 3.90. The molecule has 0 aliphatic rings. The lowest BCUT2D eigenvalue weighted by Gasteiger charge is -2.09. The van der Waals surface area contributed by atoms with Crippen LogP contribution in [0.4, 0.5) is 5.69 Å². The predicted molar refractivity (Wildman–Crippen MR) is 118 cm³/mol. The van der Waals surface area contributed by atoms with Crippen molar-refractivity contribution >= 4 is 35.0 Å². The van der Waals surface area contributed by atoms with E-state index >= 15 is 0 Å². The van der Waals surface area contributed by atoms with Crippen molar-refractivity contribution in [3.05, 3.63) is 102 Å². The Bertz CT molecular complexity index is 940. The van der Waals surface area contributed by atoms with Gasteiger partial charge in [0, 0.05) is 33.0 Å². The summed E-state index contributed by atoms with van der Waals surface area (Å²) in [6, 6.07) is 22.7. The Labute approximate surface area is 174 Å². The zero-order chi connectivity index (χ0) is 19.8. The second-order valence-electron chi connectivity index (χ2n) is 6.02. The van der Waals surface area contributed by atoms with Crippen LogP contribution in [0.2, 0.25) is 5.02 Å². The highest BCUT2D eigenvalue weighted by Crippen LogP contribution is 2.24. The zero-order valence-corrected chi connectivity index (χ0v) is 16.8. The molecule has 3 aromatic rings. The second kappa shape index (κ2) is 10.0. The van der Waals surface area contributed by atoms with E-state index in [0.29, 0.717) is 23.6 Å². The first kappa shape index (κ1) is 20.1. The first-order valence-electron chi connectivity index (χ1n) is 8.76. The van der Waals surface area contributed by atoms with Crippen molar-refractivity contribution in [3.8, 4) is 5.75 Å². The number of benzene rings is 3. The zero-order valence-electron chi connectivity index (χ0n) is 15.2. The van der Waals surface area contributed by atoms with Crippen LogP contribution in [-0.2, 0) is 5.75 Å². The molecule has 0 atom stereocenters. The number of carbonyl (C=O) groups is 1. The van der Waals surface area contributed by atoms with Gasteiger partial charge in [-0.1, -0.05) is 42.5 Å². The molecule has 0 fully saturated rings. The maximum Gasteiger partial charge on any atom is 0.255 e. The molecule has 3 rings (SSSR count). The molecule has 0 heterocycles. The van der Waals surface area contributed by atoms with Gasteiger partial charge in [0.1, 0.15) is 12.4 Å². The highest BCUT2D eigenvalue weighted by Gasteiger charge is 2.07. The van der Waals surface area contributed by atoms with Gasteiger partial charge in [0.05, 0.1) is 0 Å². The predicted octanol–water partition coefficient (Wildman–Crippen LogP) is 6.45. The van der Waals surface area contributed by atoms with E-state index in [-0.39, 0.29) is 5.91 Å². The molecule has 0 aromatic heterocycles. The molecule has 0 aliphatic carbocycles. The van der Waals surface area contributed by atoms with E-state index in [4.69, 9.17) is 16.3 Å². The van der Waals surface area contributed by atoms with Crippen molar-refractivity contribution in [3.63, 3.8) is 0 Å². The fourth-order valence-corrected chi connectivity index (χ4v) is 3.45. The SMILES string of the molecule is C=CCOc1cccc(NC(=O)c2ccc(CSc3ccc(Cl)cc3)cc2)c1. The summed E-state index contributed by atoms with van der Waals surface area (Å²) in [6.45, 7) is 4.05. The lowest BCUT2D eigenvalue weighted by Crippen LogP contribution is -2.11. The Morgan fingerprint density at radius 2 is 1.82 bits per heavy atom. The minimum atomic E-state index is -0.155. The number of rotatable bonds is 8. The van der Waals surface area contributed by atoms with E-state index < -0.39 is 0 Å². The first-order valence-corrected chi connectivity index (χ1v) is 10.1. The van der Waals surface area contributed by atoms with Crippen molar-refractivity contribution in [1.82, 2.24) is 0 Å². The molecule has 0 radical (unpaired) electrons. The fraction of sp³-hybridized carbons (Fsp3) is 0.0870. The van der Waals surface area contributed by atoms with Crippen LogP contribution in [0.1, 0.15) is 15.9 Å². The van der Waals surface area contributed by atoms with Crippen LogP contribution in [-0.4, -0.2) is 12.5 Å². The average Bonchev–Trinajstić information content (AvgIpc) is 2.72. The maximum atomic E-state index is 12.5. The number of nitrogens with one attached hydrogen (secondary N) is 1. The van der Waals surface area contributed by atoms with E-state index in [1.54, 1.807) is 23.9 Å². The molecule has 28 heavy (non-hydrogen) atoms. The second-order valence-corrected chi connectivity index (χ2v) is 7.51. The van der Waals surface area contributed by atoms with Crippen molar-refractivity contribution in [2.24, 2.45) is 0 Å². The number of thioether (sulfide) groups is 1. The summed E-state index contributed by atoms with van der Waals surface area (Å²) >= 11 is 7.63. The van der Waals surface area contributed by atoms with Gasteiger partial charge in [-0.05, 0) is 54.1 Å². The number of amides is 1. The van der Waals surface area contributed by atoms with Gasteiger partial charge >= 0.3 is 0 Å². The van der Waals surface area contributed by atoms with E-state index in [2.05, 4.69) is 11.9 Å². The van der Waals surface area contributed by atoms with E-state index in [1.165, 1.54) is 0 Å². The maximum absolute atomic E-state index is 12.5. The van der Waals surface area contributed by atoms with Crippen LogP contribution in [0.5, 0.6) is 5.75 Å². The molecule has 0 saturated heterocycles. The quantitative estimate of drug-likeness (QED) is 0.343. The van der Waals surface area contributed by atoms with Crippen molar-refractivity contribution in [2.75, 3.05) is 11.9 Å². The van der Waals surface area contributed by atoms with Gasteiger partial charge in [0.25, 0.3) is 5.91 Å². The standard InChI is InChI=1S/C23H20ClNO2S/c1-2-14-27-21-5-3-4-20(15-21)25-23(26)18-8-6-17(7-9-18)16-28-22-12-10-19(24)11-13-22/h2-13,15H,1,14,16H2,(H,25,26). The highest BCUT2D eigenvalue weighted by atomic mass is 35.5. The van der Waals surface area contributed by atoms with Gasteiger partial charge in [-0.2, -0.15) is 0 Å². The monoisotopic (exact) mass is 409 g/mol. The molecule has 5 heteroatoms. The van der Waals surface area contributed by atoms with Crippen LogP contribution in [0.25, 0.3) is 0 Å². The molecule has 3 aromatic carbocycles. The lowest BCUT2D eigenvalue weighted by molar-refractivity contribution is 0.102. The Morgan fingerprint density at radius 3 is 2.54 bits per heavy atom. The van der Waals surface area contributed by atoms with Crippen LogP contribution < -0.4 is 10.1 Å². The molecular formula is C23H20ClNO2S. The molecule has 142 valence electrons. The minimum Gasteiger partial charge on any atom is -0.489 e. The van der Waals surface area contributed by atoms with E-state index in [9.17, 15) is 4.79 Å². The summed E-state index contributed by atoms with van der Waals surface area (Å²) in [7, 11) is 0. The molecule has 3 nitrogen and oxygen atoms in total. The molecule has 0 saturated carbocycles. The molecular weight excluding hydrogens is 390 g/mol. The Balaban J connectivity index is 1.57. The van der Waals surface area contributed by atoms with Gasteiger partial charge in [-0.25, -0.2) is 0 Å². The van der Waals surface area contributed by atoms with Crippen molar-refractivity contribution in [1.29, 1.82) is 0 Å². The third kappa shape index (κ3) is 5.91. The molecule has 0 aliphatic heterocycles. The molecule has 1 N–H and O–H groups in total. The summed E-state index contributed by atoms with van der Waals surface area (Å²) in [4.78, 5) is 13.6. The topological polar surface area (TPSA) is 38.3 Å². The Morgan fingerprint density at radius 1 is 1.07 bits per heavy atom. The van der Waals surface area contributed by atoms with Gasteiger partial charge in [0.2, 0.25) is 0 Å². The summed E-state index contributed by atoms with van der Waals surface area (Å²) in [5.41, 5.74) is 2.45. The number of carbonyl (C=O) groups excluding carboxylic acids is 1. The van der Waals surface area contributed by atoms with Crippen LogP contribution in [0.15, 0.2) is 90.3 Å². The Hall–Kier alpha value is -2.69. The van der Waals surface area contributed by atoms with Crippen LogP contribution >= 0.6 is 23.4 Å². The van der Waals surface area contributed by atoms with E-state index in [1.807, 2.05) is 66.7 Å². The van der Waals surface area contributed by atoms with Gasteiger partial charge in [0.15, 0.2) is 0 Å². The minimum absolute atomic E-state index is 0.155. The van der Waals surface area contributed by atoms with Gasteiger partial charge < -0.3 is 10.1 Å². The molecule has 0 unspecified atom stereocenters. The molecule has 1 amide bonds. The molecule has 0 bridgehead atoms. The lowest BCUT2D eigenvalue weighted by atomic mass is 10.1. The number of anilines is 1. The van der Waals surface area contributed by atoms with E-state index in [0.717, 1.165) is 21.2 Å². The largest absolute Gasteiger partial charge is 0.489 e. The number of halogens is 1. The fourth-order valence-electron chi connectivity index (χ4n) is 2.47. The summed E-state index contributed by atoms with van der Waals surface area (Å²) in [5.74, 6) is 1.36. The average molecular weight is 410 g/mol. The van der Waals surface area contributed by atoms with Gasteiger partial charge in [-0.3, -0.25) is 4.79 Å². The third-order valence-corrected chi connectivity index (χ3v) is 5.23. The number of ether oxygens (including phenoxy) is 1. The summed E-state index contributed by atoms with van der Waals surface area (Å²) in [5, 5.41) is 3.63. The number of hydrogen-bond acceptors (Lipinski definition) is 3. The highest BCUT2D eigenvalue weighted by molar-refractivity contribution is 7.98. The Kier molecular flexibility index (Phi) is 7.18. The summed E-state index contributed by atoms with van der Waals surface area (Å²) in [6.07, 6.45) is 1.68. The summed E-state index contributed by atoms with van der Waals surface area (Å²) < 4.78 is 5.49. The van der Waals surface area contributed by atoms with Crippen molar-refractivity contribution in [2.45, 2.75) is 10.6 Å². The first-order chi connectivity index (χ1) is 13.6. The number of hydrogen-bond donors (Lipinski definition) is 1. The molecule has 0 spiro atoms. The van der Waals surface area contributed by atoms with Crippen LogP contribution in [0.3, 0.4) is 0 Å².